The topological polar surface area (TPSA) is 70.3 Å². The van der Waals surface area contributed by atoms with E-state index in [1.165, 1.54) is 6.07 Å². The summed E-state index contributed by atoms with van der Waals surface area (Å²) in [7, 11) is 0. The van der Waals surface area contributed by atoms with Crippen LogP contribution in [0.1, 0.15) is 35.3 Å². The van der Waals surface area contributed by atoms with Crippen LogP contribution in [0.5, 0.6) is 5.75 Å². The number of hydrogen-bond donors (Lipinski definition) is 1. The third-order valence-electron chi connectivity index (χ3n) is 2.19. The van der Waals surface area contributed by atoms with Crippen molar-refractivity contribution in [2.24, 2.45) is 0 Å². The zero-order valence-corrected chi connectivity index (χ0v) is 9.28. The molecule has 0 unspecified atom stereocenters. The molecule has 0 aromatic heterocycles. The summed E-state index contributed by atoms with van der Waals surface area (Å²) in [6.07, 6.45) is 0.686. The predicted molar refractivity (Wildman–Crippen MR) is 58.2 cm³/mol. The minimum atomic E-state index is -0.667. The molecule has 4 nitrogen and oxygen atoms in total. The molecule has 0 radical (unpaired) electrons. The first-order chi connectivity index (χ1) is 7.63. The summed E-state index contributed by atoms with van der Waals surface area (Å²) in [5.74, 6) is -0.867. The van der Waals surface area contributed by atoms with Gasteiger partial charge in [0.1, 0.15) is 17.4 Å². The van der Waals surface area contributed by atoms with Gasteiger partial charge in [-0.1, -0.05) is 6.92 Å². The van der Waals surface area contributed by atoms with Crippen LogP contribution < -0.4 is 0 Å². The summed E-state index contributed by atoms with van der Waals surface area (Å²) in [6, 6.07) is 4.96. The lowest BCUT2D eigenvalue weighted by molar-refractivity contribution is 0.0522. The summed E-state index contributed by atoms with van der Waals surface area (Å²) in [5.41, 5.74) is 0.902. The first-order valence-corrected chi connectivity index (χ1v) is 5.07. The number of aryl methyl sites for hydroxylation is 1. The third-order valence-corrected chi connectivity index (χ3v) is 2.19. The standard InChI is InChI=1S/C12H13NO3/c1-3-8-5-9(7-13)11(10(14)6-8)12(15)16-4-2/h5-6,14H,3-4H2,1-2H3. The van der Waals surface area contributed by atoms with E-state index in [2.05, 4.69) is 0 Å². The molecule has 4 heteroatoms. The van der Waals surface area contributed by atoms with Crippen molar-refractivity contribution >= 4 is 5.97 Å². The number of ether oxygens (including phenoxy) is 1. The number of hydrogen-bond acceptors (Lipinski definition) is 4. The highest BCUT2D eigenvalue weighted by Crippen LogP contribution is 2.24. The molecule has 1 rings (SSSR count). The summed E-state index contributed by atoms with van der Waals surface area (Å²) < 4.78 is 4.77. The van der Waals surface area contributed by atoms with Crippen molar-refractivity contribution in [3.63, 3.8) is 0 Å². The number of nitrogens with zero attached hydrogens (tertiary/aromatic N) is 1. The molecule has 0 heterocycles. The van der Waals surface area contributed by atoms with Crippen molar-refractivity contribution in [2.75, 3.05) is 6.61 Å². The molecule has 1 aromatic carbocycles. The monoisotopic (exact) mass is 219 g/mol. The Morgan fingerprint density at radius 2 is 2.19 bits per heavy atom. The number of phenolic OH excluding ortho intramolecular Hbond substituents is 1. The Morgan fingerprint density at radius 3 is 2.69 bits per heavy atom. The van der Waals surface area contributed by atoms with Crippen molar-refractivity contribution in [3.8, 4) is 11.8 Å². The highest BCUT2D eigenvalue weighted by atomic mass is 16.5. The number of phenols is 1. The molecule has 0 saturated carbocycles. The molecule has 0 spiro atoms. The molecule has 1 N–H and O–H groups in total. The van der Waals surface area contributed by atoms with Gasteiger partial charge in [-0.25, -0.2) is 4.79 Å². The lowest BCUT2D eigenvalue weighted by Crippen LogP contribution is -2.08. The maximum absolute atomic E-state index is 11.5. The Kier molecular flexibility index (Phi) is 3.90. The highest BCUT2D eigenvalue weighted by Gasteiger charge is 2.18. The summed E-state index contributed by atoms with van der Waals surface area (Å²) >= 11 is 0. The normalized spacial score (nSPS) is 9.56. The number of benzene rings is 1. The first-order valence-electron chi connectivity index (χ1n) is 5.07. The second-order valence-corrected chi connectivity index (χ2v) is 3.22. The summed E-state index contributed by atoms with van der Waals surface area (Å²) in [6.45, 7) is 3.78. The second-order valence-electron chi connectivity index (χ2n) is 3.22. The van der Waals surface area contributed by atoms with Crippen molar-refractivity contribution < 1.29 is 14.6 Å². The van der Waals surface area contributed by atoms with Gasteiger partial charge in [-0.15, -0.1) is 0 Å². The van der Waals surface area contributed by atoms with Crippen LogP contribution in [0.4, 0.5) is 0 Å². The van der Waals surface area contributed by atoms with E-state index in [0.717, 1.165) is 5.56 Å². The molecule has 0 aliphatic carbocycles. The maximum atomic E-state index is 11.5. The Balaban J connectivity index is 3.28. The molecule has 0 bridgehead atoms. The molecule has 0 fully saturated rings. The fourth-order valence-corrected chi connectivity index (χ4v) is 1.40. The van der Waals surface area contributed by atoms with E-state index in [-0.39, 0.29) is 23.5 Å². The molecule has 0 saturated heterocycles. The van der Waals surface area contributed by atoms with E-state index < -0.39 is 5.97 Å². The fraction of sp³-hybridized carbons (Fsp3) is 0.333. The van der Waals surface area contributed by atoms with Gasteiger partial charge in [0.25, 0.3) is 0 Å². The SMILES string of the molecule is CCOC(=O)c1c(O)cc(CC)cc1C#N. The average Bonchev–Trinajstić information content (AvgIpc) is 2.27. The van der Waals surface area contributed by atoms with Crippen LogP contribution in [0, 0.1) is 11.3 Å². The highest BCUT2D eigenvalue weighted by molar-refractivity contribution is 5.95. The molecule has 16 heavy (non-hydrogen) atoms. The van der Waals surface area contributed by atoms with Gasteiger partial charge in [-0.3, -0.25) is 0 Å². The molecule has 0 aliphatic rings. The quantitative estimate of drug-likeness (QED) is 0.789. The molecular weight excluding hydrogens is 206 g/mol. The lowest BCUT2D eigenvalue weighted by Gasteiger charge is -2.08. The maximum Gasteiger partial charge on any atom is 0.343 e. The van der Waals surface area contributed by atoms with Gasteiger partial charge in [0.15, 0.2) is 0 Å². The van der Waals surface area contributed by atoms with Crippen LogP contribution in [0.15, 0.2) is 12.1 Å². The smallest absolute Gasteiger partial charge is 0.343 e. The van der Waals surface area contributed by atoms with E-state index >= 15 is 0 Å². The third kappa shape index (κ3) is 2.31. The van der Waals surface area contributed by atoms with Crippen LogP contribution in [-0.4, -0.2) is 17.7 Å². The average molecular weight is 219 g/mol. The zero-order valence-electron chi connectivity index (χ0n) is 9.28. The Morgan fingerprint density at radius 1 is 1.50 bits per heavy atom. The van der Waals surface area contributed by atoms with Crippen molar-refractivity contribution in [1.82, 2.24) is 0 Å². The summed E-state index contributed by atoms with van der Waals surface area (Å²) in [5, 5.41) is 18.6. The minimum Gasteiger partial charge on any atom is -0.507 e. The number of aromatic hydroxyl groups is 1. The Labute approximate surface area is 94.1 Å². The minimum absolute atomic E-state index is 0.0541. The largest absolute Gasteiger partial charge is 0.507 e. The number of esters is 1. The Bertz CT molecular complexity index is 446. The molecule has 0 aliphatic heterocycles. The zero-order chi connectivity index (χ0) is 12.1. The molecule has 0 amide bonds. The van der Waals surface area contributed by atoms with Crippen molar-refractivity contribution in [1.29, 1.82) is 5.26 Å². The lowest BCUT2D eigenvalue weighted by atomic mass is 10.0. The van der Waals surface area contributed by atoms with E-state index in [4.69, 9.17) is 10.00 Å². The molecule has 0 atom stereocenters. The molecule has 1 aromatic rings. The second kappa shape index (κ2) is 5.17. The Hall–Kier alpha value is -2.02. The van der Waals surface area contributed by atoms with Gasteiger partial charge in [0.05, 0.1) is 12.2 Å². The molecular formula is C12H13NO3. The van der Waals surface area contributed by atoms with Gasteiger partial charge >= 0.3 is 5.97 Å². The van der Waals surface area contributed by atoms with E-state index in [1.54, 1.807) is 13.0 Å². The van der Waals surface area contributed by atoms with Crippen LogP contribution in [0.25, 0.3) is 0 Å². The van der Waals surface area contributed by atoms with Gasteiger partial charge < -0.3 is 9.84 Å². The van der Waals surface area contributed by atoms with Gasteiger partial charge in [0, 0.05) is 0 Å². The fourth-order valence-electron chi connectivity index (χ4n) is 1.40. The summed E-state index contributed by atoms with van der Waals surface area (Å²) in [4.78, 5) is 11.5. The number of carbonyl (C=O) groups is 1. The van der Waals surface area contributed by atoms with E-state index in [0.29, 0.717) is 6.42 Å². The van der Waals surface area contributed by atoms with Crippen molar-refractivity contribution in [2.45, 2.75) is 20.3 Å². The van der Waals surface area contributed by atoms with Crippen LogP contribution in [0.3, 0.4) is 0 Å². The van der Waals surface area contributed by atoms with Crippen molar-refractivity contribution in [3.05, 3.63) is 28.8 Å². The number of carbonyl (C=O) groups excluding carboxylic acids is 1. The first kappa shape index (κ1) is 12.1. The number of rotatable bonds is 3. The van der Waals surface area contributed by atoms with Crippen LogP contribution in [0.2, 0.25) is 0 Å². The number of nitriles is 1. The van der Waals surface area contributed by atoms with E-state index in [1.807, 2.05) is 13.0 Å². The molecule has 84 valence electrons. The van der Waals surface area contributed by atoms with Gasteiger partial charge in [-0.2, -0.15) is 5.26 Å². The van der Waals surface area contributed by atoms with Gasteiger partial charge in [-0.05, 0) is 31.0 Å². The predicted octanol–water partition coefficient (Wildman–Crippen LogP) is 2.00. The van der Waals surface area contributed by atoms with Crippen LogP contribution >= 0.6 is 0 Å². The van der Waals surface area contributed by atoms with Gasteiger partial charge in [0.2, 0.25) is 0 Å². The van der Waals surface area contributed by atoms with Crippen LogP contribution in [-0.2, 0) is 11.2 Å². The van der Waals surface area contributed by atoms with E-state index in [9.17, 15) is 9.90 Å².